The Labute approximate surface area is 169 Å². The van der Waals surface area contributed by atoms with Crippen molar-refractivity contribution in [1.29, 1.82) is 0 Å². The van der Waals surface area contributed by atoms with Gasteiger partial charge in [-0.25, -0.2) is 12.8 Å². The van der Waals surface area contributed by atoms with Crippen LogP contribution in [0, 0.1) is 5.82 Å². The van der Waals surface area contributed by atoms with Crippen LogP contribution in [0.3, 0.4) is 0 Å². The number of para-hydroxylation sites is 2. The molecule has 3 aromatic carbocycles. The number of amides is 1. The third-order valence-electron chi connectivity index (χ3n) is 4.07. The van der Waals surface area contributed by atoms with Gasteiger partial charge in [-0.15, -0.1) is 0 Å². The van der Waals surface area contributed by atoms with Gasteiger partial charge in [0.15, 0.2) is 9.84 Å². The normalized spacial score (nSPS) is 11.1. The van der Waals surface area contributed by atoms with Crippen molar-refractivity contribution in [2.75, 3.05) is 11.1 Å². The van der Waals surface area contributed by atoms with Gasteiger partial charge in [0.2, 0.25) is 5.91 Å². The molecule has 1 N–H and O–H groups in total. The van der Waals surface area contributed by atoms with Gasteiger partial charge in [-0.05, 0) is 36.4 Å². The minimum absolute atomic E-state index is 0.222. The largest absolute Gasteiger partial charge is 0.457 e. The number of halogens is 1. The van der Waals surface area contributed by atoms with E-state index in [9.17, 15) is 17.6 Å². The SMILES string of the molecule is O=C(CCS(=O)(=O)Cc1ccccc1Oc1ccccc1)Nc1cccc(F)c1. The van der Waals surface area contributed by atoms with Gasteiger partial charge in [-0.2, -0.15) is 0 Å². The highest BCUT2D eigenvalue weighted by Crippen LogP contribution is 2.26. The fourth-order valence-corrected chi connectivity index (χ4v) is 4.04. The fraction of sp³-hybridized carbons (Fsp3) is 0.136. The molecular formula is C22H20FNO4S. The van der Waals surface area contributed by atoms with Crippen molar-refractivity contribution < 1.29 is 22.3 Å². The monoisotopic (exact) mass is 413 g/mol. The molecule has 7 heteroatoms. The minimum atomic E-state index is -3.56. The van der Waals surface area contributed by atoms with E-state index < -0.39 is 21.6 Å². The number of benzene rings is 3. The highest BCUT2D eigenvalue weighted by molar-refractivity contribution is 7.90. The Bertz CT molecular complexity index is 1080. The first kappa shape index (κ1) is 20.5. The molecule has 1 amide bonds. The van der Waals surface area contributed by atoms with E-state index in [1.54, 1.807) is 36.4 Å². The average Bonchev–Trinajstić information content (AvgIpc) is 2.69. The lowest BCUT2D eigenvalue weighted by molar-refractivity contribution is -0.115. The molecule has 0 aliphatic rings. The molecule has 150 valence electrons. The molecule has 29 heavy (non-hydrogen) atoms. The van der Waals surface area contributed by atoms with Gasteiger partial charge in [-0.3, -0.25) is 4.79 Å². The zero-order valence-electron chi connectivity index (χ0n) is 15.5. The Balaban J connectivity index is 1.61. The van der Waals surface area contributed by atoms with Crippen molar-refractivity contribution in [2.45, 2.75) is 12.2 Å². The molecule has 3 rings (SSSR count). The van der Waals surface area contributed by atoms with Crippen molar-refractivity contribution in [3.05, 3.63) is 90.2 Å². The predicted octanol–water partition coefficient (Wildman–Crippen LogP) is 4.56. The van der Waals surface area contributed by atoms with Crippen LogP contribution < -0.4 is 10.1 Å². The fourth-order valence-electron chi connectivity index (χ4n) is 2.69. The number of carbonyl (C=O) groups is 1. The van der Waals surface area contributed by atoms with Gasteiger partial charge in [0.25, 0.3) is 0 Å². The number of carbonyl (C=O) groups excluding carboxylic acids is 1. The zero-order chi connectivity index (χ0) is 20.7. The predicted molar refractivity (Wildman–Crippen MR) is 110 cm³/mol. The first-order valence-electron chi connectivity index (χ1n) is 8.98. The maximum atomic E-state index is 13.2. The maximum Gasteiger partial charge on any atom is 0.225 e. The summed E-state index contributed by atoms with van der Waals surface area (Å²) in [6.07, 6.45) is -0.222. The summed E-state index contributed by atoms with van der Waals surface area (Å²) in [5.41, 5.74) is 0.802. The molecular weight excluding hydrogens is 393 g/mol. The molecule has 0 fully saturated rings. The summed E-state index contributed by atoms with van der Waals surface area (Å²) >= 11 is 0. The Morgan fingerprint density at radius 2 is 1.66 bits per heavy atom. The van der Waals surface area contributed by atoms with Gasteiger partial charge in [0.05, 0.1) is 11.5 Å². The number of nitrogens with one attached hydrogen (secondary N) is 1. The molecule has 0 saturated carbocycles. The molecule has 0 radical (unpaired) electrons. The number of hydrogen-bond acceptors (Lipinski definition) is 4. The second-order valence-electron chi connectivity index (χ2n) is 6.42. The second-order valence-corrected chi connectivity index (χ2v) is 8.61. The van der Waals surface area contributed by atoms with Crippen LogP contribution in [0.1, 0.15) is 12.0 Å². The molecule has 0 unspecified atom stereocenters. The summed E-state index contributed by atoms with van der Waals surface area (Å²) in [5, 5.41) is 2.50. The maximum absolute atomic E-state index is 13.2. The second kappa shape index (κ2) is 9.34. The Morgan fingerprint density at radius 3 is 2.41 bits per heavy atom. The van der Waals surface area contributed by atoms with Crippen LogP contribution in [-0.4, -0.2) is 20.1 Å². The van der Waals surface area contributed by atoms with Crippen molar-refractivity contribution in [3.8, 4) is 11.5 Å². The number of ether oxygens (including phenoxy) is 1. The van der Waals surface area contributed by atoms with Crippen molar-refractivity contribution in [1.82, 2.24) is 0 Å². The third-order valence-corrected chi connectivity index (χ3v) is 5.64. The van der Waals surface area contributed by atoms with Crippen LogP contribution in [0.2, 0.25) is 0 Å². The van der Waals surface area contributed by atoms with Crippen LogP contribution in [-0.2, 0) is 20.4 Å². The summed E-state index contributed by atoms with van der Waals surface area (Å²) < 4.78 is 44.0. The minimum Gasteiger partial charge on any atom is -0.457 e. The van der Waals surface area contributed by atoms with Crippen LogP contribution in [0.25, 0.3) is 0 Å². The van der Waals surface area contributed by atoms with Gasteiger partial charge < -0.3 is 10.1 Å². The molecule has 0 atom stereocenters. The van der Waals surface area contributed by atoms with Gasteiger partial charge in [0.1, 0.15) is 17.3 Å². The van der Waals surface area contributed by atoms with E-state index >= 15 is 0 Å². The number of anilines is 1. The first-order valence-corrected chi connectivity index (χ1v) is 10.8. The number of sulfone groups is 1. The number of hydrogen-bond donors (Lipinski definition) is 1. The van der Waals surface area contributed by atoms with Crippen LogP contribution in [0.4, 0.5) is 10.1 Å². The summed E-state index contributed by atoms with van der Waals surface area (Å²) in [7, 11) is -3.56. The van der Waals surface area contributed by atoms with E-state index in [0.29, 0.717) is 17.1 Å². The van der Waals surface area contributed by atoms with Crippen molar-refractivity contribution in [3.63, 3.8) is 0 Å². The zero-order valence-corrected chi connectivity index (χ0v) is 16.4. The average molecular weight is 413 g/mol. The number of rotatable bonds is 8. The van der Waals surface area contributed by atoms with E-state index in [1.165, 1.54) is 24.3 Å². The molecule has 0 aliphatic heterocycles. The molecule has 3 aromatic rings. The molecule has 5 nitrogen and oxygen atoms in total. The Morgan fingerprint density at radius 1 is 0.931 bits per heavy atom. The van der Waals surface area contributed by atoms with Gasteiger partial charge >= 0.3 is 0 Å². The van der Waals surface area contributed by atoms with Gasteiger partial charge in [-0.1, -0.05) is 42.5 Å². The van der Waals surface area contributed by atoms with Crippen molar-refractivity contribution >= 4 is 21.4 Å². The Kier molecular flexibility index (Phi) is 6.61. The molecule has 0 aromatic heterocycles. The Hall–Kier alpha value is -3.19. The van der Waals surface area contributed by atoms with E-state index in [4.69, 9.17) is 4.74 Å². The highest BCUT2D eigenvalue weighted by atomic mass is 32.2. The van der Waals surface area contributed by atoms with Crippen molar-refractivity contribution in [2.24, 2.45) is 0 Å². The van der Waals surface area contributed by atoms with Crippen LogP contribution in [0.5, 0.6) is 11.5 Å². The third kappa shape index (κ3) is 6.43. The van der Waals surface area contributed by atoms with E-state index in [1.807, 2.05) is 18.2 Å². The topological polar surface area (TPSA) is 72.5 Å². The molecule has 0 spiro atoms. The molecule has 0 bridgehead atoms. The van der Waals surface area contributed by atoms with E-state index in [-0.39, 0.29) is 23.6 Å². The summed E-state index contributed by atoms with van der Waals surface area (Å²) in [5.74, 6) is -0.492. The van der Waals surface area contributed by atoms with Crippen LogP contribution >= 0.6 is 0 Å². The van der Waals surface area contributed by atoms with Gasteiger partial charge in [0, 0.05) is 17.7 Å². The standard InChI is InChI=1S/C22H20FNO4S/c23-18-8-6-9-19(15-18)24-22(25)13-14-29(26,27)16-17-7-4-5-12-21(17)28-20-10-2-1-3-11-20/h1-12,15H,13-14,16H2,(H,24,25). The summed E-state index contributed by atoms with van der Waals surface area (Å²) in [4.78, 5) is 12.0. The first-order chi connectivity index (χ1) is 13.9. The lowest BCUT2D eigenvalue weighted by atomic mass is 10.2. The summed E-state index contributed by atoms with van der Waals surface area (Å²) in [6.45, 7) is 0. The van der Waals surface area contributed by atoms with E-state index in [2.05, 4.69) is 5.32 Å². The molecule has 0 heterocycles. The summed E-state index contributed by atoms with van der Waals surface area (Å²) in [6, 6.07) is 21.4. The smallest absolute Gasteiger partial charge is 0.225 e. The highest BCUT2D eigenvalue weighted by Gasteiger charge is 2.17. The lowest BCUT2D eigenvalue weighted by Gasteiger charge is -2.12. The van der Waals surface area contributed by atoms with E-state index in [0.717, 1.165) is 0 Å². The molecule has 0 aliphatic carbocycles. The lowest BCUT2D eigenvalue weighted by Crippen LogP contribution is -2.18. The van der Waals surface area contributed by atoms with Crippen LogP contribution in [0.15, 0.2) is 78.9 Å². The quantitative estimate of drug-likeness (QED) is 0.588. The molecule has 0 saturated heterocycles.